The summed E-state index contributed by atoms with van der Waals surface area (Å²) in [6, 6.07) is 0.308. The fraction of sp³-hybridized carbons (Fsp3) is 0.900. The van der Waals surface area contributed by atoms with Crippen LogP contribution in [0.4, 0.5) is 0 Å². The molecule has 1 fully saturated rings. The number of rotatable bonds is 4. The largest absolute Gasteiger partial charge is 0.378 e. The fourth-order valence-corrected chi connectivity index (χ4v) is 1.67. The van der Waals surface area contributed by atoms with Crippen molar-refractivity contribution in [2.24, 2.45) is 0 Å². The summed E-state index contributed by atoms with van der Waals surface area (Å²) in [5.41, 5.74) is 0. The molecule has 2 atom stereocenters. The maximum absolute atomic E-state index is 11.4. The minimum absolute atomic E-state index is 0.137. The van der Waals surface area contributed by atoms with E-state index in [-0.39, 0.29) is 12.0 Å². The van der Waals surface area contributed by atoms with Crippen molar-refractivity contribution in [2.45, 2.75) is 38.3 Å². The summed E-state index contributed by atoms with van der Waals surface area (Å²) in [5.74, 6) is 0.137. The number of nitrogens with one attached hydrogen (secondary N) is 2. The van der Waals surface area contributed by atoms with Gasteiger partial charge >= 0.3 is 0 Å². The van der Waals surface area contributed by atoms with Crippen LogP contribution in [0.2, 0.25) is 0 Å². The first-order valence-electron chi connectivity index (χ1n) is 5.28. The first kappa shape index (κ1) is 11.5. The van der Waals surface area contributed by atoms with Gasteiger partial charge in [-0.05, 0) is 26.8 Å². The van der Waals surface area contributed by atoms with Gasteiger partial charge in [0.2, 0.25) is 5.91 Å². The van der Waals surface area contributed by atoms with Crippen molar-refractivity contribution in [3.63, 3.8) is 0 Å². The van der Waals surface area contributed by atoms with E-state index in [4.69, 9.17) is 4.74 Å². The van der Waals surface area contributed by atoms with Gasteiger partial charge in [0, 0.05) is 25.6 Å². The molecule has 0 radical (unpaired) electrons. The third-order valence-electron chi connectivity index (χ3n) is 2.45. The summed E-state index contributed by atoms with van der Waals surface area (Å²) in [4.78, 5) is 11.4. The van der Waals surface area contributed by atoms with Gasteiger partial charge in [-0.3, -0.25) is 4.79 Å². The van der Waals surface area contributed by atoms with E-state index in [1.807, 2.05) is 14.0 Å². The van der Waals surface area contributed by atoms with E-state index >= 15 is 0 Å². The van der Waals surface area contributed by atoms with Gasteiger partial charge in [0.1, 0.15) is 0 Å². The van der Waals surface area contributed by atoms with Gasteiger partial charge in [0.25, 0.3) is 0 Å². The lowest BCUT2D eigenvalue weighted by atomic mass is 10.0. The van der Waals surface area contributed by atoms with Crippen molar-refractivity contribution >= 4 is 5.91 Å². The minimum atomic E-state index is 0.137. The first-order valence-corrected chi connectivity index (χ1v) is 5.28. The molecule has 0 aromatic rings. The number of carbonyl (C=O) groups is 1. The second-order valence-electron chi connectivity index (χ2n) is 3.82. The van der Waals surface area contributed by atoms with Gasteiger partial charge in [-0.15, -0.1) is 0 Å². The molecule has 4 heteroatoms. The number of ether oxygens (including phenoxy) is 1. The number of hydrogen-bond donors (Lipinski definition) is 2. The summed E-state index contributed by atoms with van der Waals surface area (Å²) in [6.07, 6.45) is 2.71. The van der Waals surface area contributed by atoms with E-state index in [1.165, 1.54) is 0 Å². The average molecular weight is 200 g/mol. The lowest BCUT2D eigenvalue weighted by Gasteiger charge is -2.27. The molecule has 14 heavy (non-hydrogen) atoms. The van der Waals surface area contributed by atoms with Gasteiger partial charge in [0.15, 0.2) is 0 Å². The molecule has 0 spiro atoms. The SMILES string of the molecule is CNCCC(=O)NC1CCOC(C)C1. The van der Waals surface area contributed by atoms with Gasteiger partial charge in [-0.25, -0.2) is 0 Å². The number of carbonyl (C=O) groups excluding carboxylic acids is 1. The van der Waals surface area contributed by atoms with Crippen LogP contribution in [0, 0.1) is 0 Å². The van der Waals surface area contributed by atoms with Crippen LogP contribution in [-0.4, -0.2) is 38.3 Å². The Bertz CT molecular complexity index is 185. The van der Waals surface area contributed by atoms with Crippen molar-refractivity contribution in [1.82, 2.24) is 10.6 Å². The molecule has 0 aromatic heterocycles. The van der Waals surface area contributed by atoms with Gasteiger partial charge in [-0.2, -0.15) is 0 Å². The molecule has 0 saturated carbocycles. The summed E-state index contributed by atoms with van der Waals surface area (Å²) in [5, 5.41) is 5.98. The molecule has 0 aromatic carbocycles. The van der Waals surface area contributed by atoms with E-state index in [1.54, 1.807) is 0 Å². The fourth-order valence-electron chi connectivity index (χ4n) is 1.67. The van der Waals surface area contributed by atoms with E-state index in [9.17, 15) is 4.79 Å². The molecule has 1 amide bonds. The Kier molecular flexibility index (Phi) is 4.90. The lowest BCUT2D eigenvalue weighted by Crippen LogP contribution is -2.41. The Morgan fingerprint density at radius 2 is 2.36 bits per heavy atom. The molecular weight excluding hydrogens is 180 g/mol. The highest BCUT2D eigenvalue weighted by Crippen LogP contribution is 2.12. The van der Waals surface area contributed by atoms with Crippen LogP contribution in [-0.2, 0) is 9.53 Å². The Morgan fingerprint density at radius 3 is 3.00 bits per heavy atom. The van der Waals surface area contributed by atoms with Crippen LogP contribution in [0.25, 0.3) is 0 Å². The summed E-state index contributed by atoms with van der Waals surface area (Å²) in [7, 11) is 1.85. The van der Waals surface area contributed by atoms with Crippen molar-refractivity contribution in [3.05, 3.63) is 0 Å². The van der Waals surface area contributed by atoms with Crippen LogP contribution in [0.3, 0.4) is 0 Å². The van der Waals surface area contributed by atoms with Crippen molar-refractivity contribution in [2.75, 3.05) is 20.2 Å². The monoisotopic (exact) mass is 200 g/mol. The summed E-state index contributed by atoms with van der Waals surface area (Å²) < 4.78 is 5.41. The topological polar surface area (TPSA) is 50.4 Å². The van der Waals surface area contributed by atoms with Crippen molar-refractivity contribution < 1.29 is 9.53 Å². The maximum atomic E-state index is 11.4. The molecule has 1 saturated heterocycles. The number of hydrogen-bond acceptors (Lipinski definition) is 3. The molecule has 0 bridgehead atoms. The molecule has 1 aliphatic heterocycles. The third kappa shape index (κ3) is 4.07. The van der Waals surface area contributed by atoms with Crippen LogP contribution in [0.15, 0.2) is 0 Å². The minimum Gasteiger partial charge on any atom is -0.378 e. The lowest BCUT2D eigenvalue weighted by molar-refractivity contribution is -0.122. The molecule has 2 N–H and O–H groups in total. The Hall–Kier alpha value is -0.610. The van der Waals surface area contributed by atoms with E-state index < -0.39 is 0 Å². The quantitative estimate of drug-likeness (QED) is 0.685. The van der Waals surface area contributed by atoms with Gasteiger partial charge in [0.05, 0.1) is 6.10 Å². The molecule has 1 rings (SSSR count). The Labute approximate surface area is 85.4 Å². The van der Waals surface area contributed by atoms with Crippen molar-refractivity contribution in [3.8, 4) is 0 Å². The highest BCUT2D eigenvalue weighted by atomic mass is 16.5. The van der Waals surface area contributed by atoms with Crippen LogP contribution < -0.4 is 10.6 Å². The smallest absolute Gasteiger partial charge is 0.221 e. The van der Waals surface area contributed by atoms with E-state index in [0.717, 1.165) is 26.0 Å². The zero-order valence-electron chi connectivity index (χ0n) is 9.01. The predicted octanol–water partition coefficient (Wildman–Crippen LogP) is 0.280. The van der Waals surface area contributed by atoms with Crippen molar-refractivity contribution in [1.29, 1.82) is 0 Å². The van der Waals surface area contributed by atoms with Gasteiger partial charge in [-0.1, -0.05) is 0 Å². The molecule has 1 heterocycles. The predicted molar refractivity (Wildman–Crippen MR) is 55.1 cm³/mol. The van der Waals surface area contributed by atoms with Crippen LogP contribution in [0.1, 0.15) is 26.2 Å². The summed E-state index contributed by atoms with van der Waals surface area (Å²) >= 11 is 0. The third-order valence-corrected chi connectivity index (χ3v) is 2.45. The zero-order chi connectivity index (χ0) is 10.4. The number of amides is 1. The van der Waals surface area contributed by atoms with Gasteiger partial charge < -0.3 is 15.4 Å². The highest BCUT2D eigenvalue weighted by Gasteiger charge is 2.20. The Morgan fingerprint density at radius 1 is 1.57 bits per heavy atom. The first-order chi connectivity index (χ1) is 6.72. The summed E-state index contributed by atoms with van der Waals surface area (Å²) in [6.45, 7) is 3.55. The molecule has 0 aliphatic carbocycles. The van der Waals surface area contributed by atoms with Crippen LogP contribution in [0.5, 0.6) is 0 Å². The zero-order valence-corrected chi connectivity index (χ0v) is 9.01. The molecule has 2 unspecified atom stereocenters. The molecule has 1 aliphatic rings. The highest BCUT2D eigenvalue weighted by molar-refractivity contribution is 5.76. The van der Waals surface area contributed by atoms with E-state index in [0.29, 0.717) is 12.5 Å². The standard InChI is InChI=1S/C10H20N2O2/c1-8-7-9(4-6-14-8)12-10(13)3-5-11-2/h8-9,11H,3-7H2,1-2H3,(H,12,13). The normalized spacial score (nSPS) is 27.3. The average Bonchev–Trinajstić information content (AvgIpc) is 2.15. The van der Waals surface area contributed by atoms with E-state index in [2.05, 4.69) is 10.6 Å². The second-order valence-corrected chi connectivity index (χ2v) is 3.82. The second kappa shape index (κ2) is 5.98. The molecule has 4 nitrogen and oxygen atoms in total. The molecule has 82 valence electrons. The van der Waals surface area contributed by atoms with Crippen LogP contribution >= 0.6 is 0 Å². The Balaban J connectivity index is 2.18. The molecular formula is C10H20N2O2. The maximum Gasteiger partial charge on any atom is 0.221 e.